The van der Waals surface area contributed by atoms with Gasteiger partial charge >= 0.3 is 0 Å². The molecule has 1 aliphatic rings. The zero-order valence-corrected chi connectivity index (χ0v) is 11.0. The number of hydrogen-bond acceptors (Lipinski definition) is 3. The smallest absolute Gasteiger partial charge is 0.142 e. The average Bonchev–Trinajstić information content (AvgIpc) is 3.15. The van der Waals surface area contributed by atoms with E-state index >= 15 is 0 Å². The fraction of sp³-hybridized carbons (Fsp3) is 0.333. The van der Waals surface area contributed by atoms with Gasteiger partial charge < -0.3 is 16.2 Å². The largest absolute Gasteiger partial charge is 0.495 e. The van der Waals surface area contributed by atoms with Gasteiger partial charge in [0.05, 0.1) is 12.8 Å². The molecule has 0 atom stereocenters. The van der Waals surface area contributed by atoms with Gasteiger partial charge in [-0.1, -0.05) is 12.2 Å². The molecule has 2 rings (SSSR count). The van der Waals surface area contributed by atoms with E-state index < -0.39 is 0 Å². The topological polar surface area (TPSA) is 61.3 Å². The number of hydrogen-bond donors (Lipinski definition) is 2. The van der Waals surface area contributed by atoms with Crippen molar-refractivity contribution >= 4 is 17.3 Å². The van der Waals surface area contributed by atoms with E-state index in [4.69, 9.17) is 16.2 Å². The van der Waals surface area contributed by atoms with Crippen molar-refractivity contribution in [1.29, 1.82) is 0 Å². The highest BCUT2D eigenvalue weighted by Crippen LogP contribution is 2.37. The third-order valence-corrected chi connectivity index (χ3v) is 3.26. The molecule has 0 aromatic heterocycles. The molecule has 0 bridgehead atoms. The Hall–Kier alpha value is -1.90. The van der Waals surface area contributed by atoms with Gasteiger partial charge in [-0.25, -0.2) is 0 Å². The van der Waals surface area contributed by atoms with Gasteiger partial charge in [-0.2, -0.15) is 0 Å². The molecular weight excluding hydrogens is 224 g/mol. The lowest BCUT2D eigenvalue weighted by atomic mass is 10.0. The summed E-state index contributed by atoms with van der Waals surface area (Å²) < 4.78 is 5.30. The van der Waals surface area contributed by atoms with Crippen molar-refractivity contribution in [1.82, 2.24) is 0 Å². The lowest BCUT2D eigenvalue weighted by Gasteiger charge is -2.12. The van der Waals surface area contributed by atoms with Gasteiger partial charge in [0.2, 0.25) is 0 Å². The molecule has 0 heterocycles. The molecule has 0 spiro atoms. The van der Waals surface area contributed by atoms with E-state index in [2.05, 4.69) is 6.58 Å². The Morgan fingerprint density at radius 1 is 1.44 bits per heavy atom. The third kappa shape index (κ3) is 2.50. The minimum atomic E-state index is 0.531. The van der Waals surface area contributed by atoms with Crippen molar-refractivity contribution in [3.63, 3.8) is 0 Å². The van der Waals surface area contributed by atoms with Gasteiger partial charge in [-0.05, 0) is 49.5 Å². The minimum Gasteiger partial charge on any atom is -0.495 e. The molecule has 0 radical (unpaired) electrons. The highest BCUT2D eigenvalue weighted by atomic mass is 16.5. The number of nitrogens with two attached hydrogens (primary N) is 2. The SMILES string of the molecule is C=C(C)c1cc(/C=C(\N)C2CC2)c(N)c(OC)c1. The van der Waals surface area contributed by atoms with Crippen molar-refractivity contribution < 1.29 is 4.74 Å². The Kier molecular flexibility index (Phi) is 3.32. The first-order chi connectivity index (χ1) is 8.52. The van der Waals surface area contributed by atoms with Crippen molar-refractivity contribution in [2.45, 2.75) is 19.8 Å². The molecule has 0 saturated heterocycles. The molecule has 0 aliphatic heterocycles. The Labute approximate surface area is 108 Å². The number of nitrogen functional groups attached to an aromatic ring is 1. The fourth-order valence-corrected chi connectivity index (χ4v) is 1.90. The van der Waals surface area contributed by atoms with Crippen LogP contribution in [0.25, 0.3) is 11.6 Å². The fourth-order valence-electron chi connectivity index (χ4n) is 1.90. The van der Waals surface area contributed by atoms with Crippen molar-refractivity contribution in [2.24, 2.45) is 11.7 Å². The maximum atomic E-state index is 6.08. The zero-order valence-electron chi connectivity index (χ0n) is 11.0. The van der Waals surface area contributed by atoms with Crippen LogP contribution in [-0.2, 0) is 0 Å². The summed E-state index contributed by atoms with van der Waals surface area (Å²) in [6, 6.07) is 3.91. The first-order valence-electron chi connectivity index (χ1n) is 6.13. The molecule has 3 nitrogen and oxygen atoms in total. The van der Waals surface area contributed by atoms with Gasteiger partial charge in [-0.15, -0.1) is 0 Å². The number of methoxy groups -OCH3 is 1. The molecule has 3 heteroatoms. The first-order valence-corrected chi connectivity index (χ1v) is 6.13. The second kappa shape index (κ2) is 4.77. The molecule has 1 saturated carbocycles. The van der Waals surface area contributed by atoms with Crippen LogP contribution in [0.2, 0.25) is 0 Å². The maximum absolute atomic E-state index is 6.08. The monoisotopic (exact) mass is 244 g/mol. The number of ether oxygens (including phenoxy) is 1. The van der Waals surface area contributed by atoms with Gasteiger partial charge in [0.15, 0.2) is 0 Å². The first kappa shape index (κ1) is 12.6. The molecule has 0 amide bonds. The molecule has 1 aromatic carbocycles. The number of allylic oxidation sites excluding steroid dienone is 2. The molecular formula is C15H20N2O. The van der Waals surface area contributed by atoms with E-state index in [9.17, 15) is 0 Å². The predicted octanol–water partition coefficient (Wildman–Crippen LogP) is 3.02. The van der Waals surface area contributed by atoms with Crippen LogP contribution < -0.4 is 16.2 Å². The summed E-state index contributed by atoms with van der Waals surface area (Å²) in [5, 5.41) is 0. The third-order valence-electron chi connectivity index (χ3n) is 3.26. The lowest BCUT2D eigenvalue weighted by Crippen LogP contribution is -2.01. The minimum absolute atomic E-state index is 0.531. The van der Waals surface area contributed by atoms with E-state index in [0.29, 0.717) is 17.4 Å². The van der Waals surface area contributed by atoms with Gasteiger partial charge in [0.1, 0.15) is 5.75 Å². The summed E-state index contributed by atoms with van der Waals surface area (Å²) in [7, 11) is 1.62. The van der Waals surface area contributed by atoms with Crippen LogP contribution in [0, 0.1) is 5.92 Å². The quantitative estimate of drug-likeness (QED) is 0.800. The number of rotatable bonds is 4. The van der Waals surface area contributed by atoms with Gasteiger partial charge in [0, 0.05) is 11.3 Å². The van der Waals surface area contributed by atoms with E-state index in [-0.39, 0.29) is 0 Å². The van der Waals surface area contributed by atoms with Crippen LogP contribution in [0.4, 0.5) is 5.69 Å². The molecule has 1 aromatic rings. The van der Waals surface area contributed by atoms with Crippen LogP contribution in [0.15, 0.2) is 24.4 Å². The normalized spacial score (nSPS) is 15.6. The second-order valence-electron chi connectivity index (χ2n) is 4.88. The van der Waals surface area contributed by atoms with Gasteiger partial charge in [0.25, 0.3) is 0 Å². The average molecular weight is 244 g/mol. The van der Waals surface area contributed by atoms with Crippen LogP contribution in [0.1, 0.15) is 30.9 Å². The van der Waals surface area contributed by atoms with Crippen molar-refractivity contribution in [3.05, 3.63) is 35.5 Å². The molecule has 0 unspecified atom stereocenters. The Bertz CT molecular complexity index is 513. The van der Waals surface area contributed by atoms with Crippen LogP contribution in [-0.4, -0.2) is 7.11 Å². The van der Waals surface area contributed by atoms with Crippen molar-refractivity contribution in [3.8, 4) is 5.75 Å². The summed E-state index contributed by atoms with van der Waals surface area (Å²) in [4.78, 5) is 0. The summed E-state index contributed by atoms with van der Waals surface area (Å²) >= 11 is 0. The number of benzene rings is 1. The van der Waals surface area contributed by atoms with E-state index in [1.54, 1.807) is 7.11 Å². The Balaban J connectivity index is 2.47. The summed E-state index contributed by atoms with van der Waals surface area (Å²) in [6.45, 7) is 5.91. The van der Waals surface area contributed by atoms with Gasteiger partial charge in [-0.3, -0.25) is 0 Å². The molecule has 4 N–H and O–H groups in total. The summed E-state index contributed by atoms with van der Waals surface area (Å²) in [6.07, 6.45) is 4.32. The number of anilines is 1. The lowest BCUT2D eigenvalue weighted by molar-refractivity contribution is 0.417. The summed E-state index contributed by atoms with van der Waals surface area (Å²) in [5.74, 6) is 1.20. The standard InChI is InChI=1S/C15H20N2O/c1-9(2)11-6-12(7-13(16)10-4-5-10)15(17)14(8-11)18-3/h6-8,10H,1,4-5,16-17H2,2-3H3/b13-7-. The second-order valence-corrected chi connectivity index (χ2v) is 4.88. The Morgan fingerprint density at radius 2 is 2.11 bits per heavy atom. The van der Waals surface area contributed by atoms with E-state index in [1.807, 2.05) is 25.1 Å². The highest BCUT2D eigenvalue weighted by molar-refractivity contribution is 5.77. The summed E-state index contributed by atoms with van der Waals surface area (Å²) in [5.41, 5.74) is 16.6. The predicted molar refractivity (Wildman–Crippen MR) is 77.0 cm³/mol. The zero-order chi connectivity index (χ0) is 13.3. The van der Waals surface area contributed by atoms with Crippen molar-refractivity contribution in [2.75, 3.05) is 12.8 Å². The molecule has 1 aliphatic carbocycles. The maximum Gasteiger partial charge on any atom is 0.142 e. The van der Waals surface area contributed by atoms with Crippen LogP contribution in [0.5, 0.6) is 5.75 Å². The van der Waals surface area contributed by atoms with Crippen LogP contribution >= 0.6 is 0 Å². The van der Waals surface area contributed by atoms with E-state index in [1.165, 1.54) is 12.8 Å². The molecule has 96 valence electrons. The van der Waals surface area contributed by atoms with E-state index in [0.717, 1.165) is 22.4 Å². The molecule has 18 heavy (non-hydrogen) atoms. The van der Waals surface area contributed by atoms with Crippen LogP contribution in [0.3, 0.4) is 0 Å². The molecule has 1 fully saturated rings. The highest BCUT2D eigenvalue weighted by Gasteiger charge is 2.24. The Morgan fingerprint density at radius 3 is 2.61 bits per heavy atom.